The van der Waals surface area contributed by atoms with E-state index >= 15 is 0 Å². The number of carboxylic acid groups (broad SMARTS) is 1. The van der Waals surface area contributed by atoms with Gasteiger partial charge in [0.25, 0.3) is 0 Å². The number of carboxylic acids is 1. The second-order valence-corrected chi connectivity index (χ2v) is 7.05. The van der Waals surface area contributed by atoms with Crippen molar-refractivity contribution in [1.29, 1.82) is 0 Å². The van der Waals surface area contributed by atoms with Crippen LogP contribution in [0.25, 0.3) is 21.3 Å². The lowest BCUT2D eigenvalue weighted by Crippen LogP contribution is -2.34. The van der Waals surface area contributed by atoms with Crippen LogP contribution in [0, 0.1) is 0 Å². The van der Waals surface area contributed by atoms with Crippen molar-refractivity contribution in [2.24, 2.45) is 0 Å². The smallest absolute Gasteiger partial charge is 0.348 e. The van der Waals surface area contributed by atoms with Gasteiger partial charge in [0.2, 0.25) is 0 Å². The van der Waals surface area contributed by atoms with E-state index in [2.05, 4.69) is 20.5 Å². The third-order valence-corrected chi connectivity index (χ3v) is 5.50. The molecule has 0 saturated carbocycles. The normalized spacial score (nSPS) is 12.9. The summed E-state index contributed by atoms with van der Waals surface area (Å²) in [5.41, 5.74) is 2.54. The van der Waals surface area contributed by atoms with Crippen molar-refractivity contribution in [3.63, 3.8) is 0 Å². The fourth-order valence-corrected chi connectivity index (χ4v) is 4.17. The number of hydrogen-bond donors (Lipinski definition) is 2. The molecule has 5 rings (SSSR count). The van der Waals surface area contributed by atoms with E-state index in [9.17, 15) is 14.7 Å². The number of aromatic carboxylic acids is 1. The Balaban J connectivity index is 1.70. The average molecular weight is 389 g/mol. The van der Waals surface area contributed by atoms with Crippen molar-refractivity contribution in [2.75, 3.05) is 10.2 Å². The van der Waals surface area contributed by atoms with E-state index in [0.717, 1.165) is 22.5 Å². The van der Waals surface area contributed by atoms with E-state index in [1.54, 1.807) is 24.5 Å². The molecule has 1 aliphatic rings. The first-order chi connectivity index (χ1) is 13.6. The third kappa shape index (κ3) is 2.41. The Morgan fingerprint density at radius 2 is 1.96 bits per heavy atom. The second kappa shape index (κ2) is 6.10. The Labute approximate surface area is 162 Å². The highest BCUT2D eigenvalue weighted by Gasteiger charge is 2.33. The summed E-state index contributed by atoms with van der Waals surface area (Å²) in [5, 5.41) is 20.9. The molecule has 4 aromatic rings. The SMILES string of the molecule is O=C(O)c1sc2nccc3c2c1NC(=O)N3c1cc(-c2ccccc2)cnn1. The molecule has 28 heavy (non-hydrogen) atoms. The number of hydrogen-bond acceptors (Lipinski definition) is 6. The van der Waals surface area contributed by atoms with Crippen LogP contribution in [-0.4, -0.2) is 32.3 Å². The zero-order valence-electron chi connectivity index (χ0n) is 14.2. The molecule has 136 valence electrons. The fraction of sp³-hybridized carbons (Fsp3) is 0. The van der Waals surface area contributed by atoms with Gasteiger partial charge in [0.05, 0.1) is 23.0 Å². The van der Waals surface area contributed by atoms with Crippen molar-refractivity contribution in [3.05, 3.63) is 59.7 Å². The number of pyridine rings is 1. The summed E-state index contributed by atoms with van der Waals surface area (Å²) >= 11 is 1.02. The Bertz CT molecular complexity index is 1260. The molecule has 8 nitrogen and oxygen atoms in total. The van der Waals surface area contributed by atoms with Gasteiger partial charge in [-0.3, -0.25) is 0 Å². The minimum Gasteiger partial charge on any atom is -0.477 e. The molecule has 9 heteroatoms. The molecule has 0 radical (unpaired) electrons. The molecule has 1 aliphatic heterocycles. The van der Waals surface area contributed by atoms with Gasteiger partial charge in [-0.05, 0) is 17.7 Å². The van der Waals surface area contributed by atoms with Crippen LogP contribution >= 0.6 is 11.3 Å². The number of urea groups is 1. The first kappa shape index (κ1) is 16.3. The van der Waals surface area contributed by atoms with Gasteiger partial charge in [0.15, 0.2) is 5.82 Å². The van der Waals surface area contributed by atoms with Crippen molar-refractivity contribution in [2.45, 2.75) is 0 Å². The molecule has 0 atom stereocenters. The lowest BCUT2D eigenvalue weighted by atomic mass is 10.1. The van der Waals surface area contributed by atoms with Crippen LogP contribution in [0.15, 0.2) is 54.9 Å². The van der Waals surface area contributed by atoms with E-state index in [0.29, 0.717) is 21.7 Å². The van der Waals surface area contributed by atoms with E-state index in [-0.39, 0.29) is 10.6 Å². The number of benzene rings is 1. The number of aromatic nitrogens is 3. The minimum absolute atomic E-state index is 0.0482. The van der Waals surface area contributed by atoms with E-state index < -0.39 is 12.0 Å². The Kier molecular flexibility index (Phi) is 3.56. The van der Waals surface area contributed by atoms with E-state index in [1.165, 1.54) is 4.90 Å². The molecule has 3 aromatic heterocycles. The van der Waals surface area contributed by atoms with Crippen LogP contribution in [0.3, 0.4) is 0 Å². The predicted molar refractivity (Wildman–Crippen MR) is 105 cm³/mol. The highest BCUT2D eigenvalue weighted by molar-refractivity contribution is 7.21. The molecule has 0 aliphatic carbocycles. The zero-order valence-corrected chi connectivity index (χ0v) is 15.0. The summed E-state index contributed by atoms with van der Waals surface area (Å²) in [6.45, 7) is 0. The lowest BCUT2D eigenvalue weighted by Gasteiger charge is -2.27. The molecule has 2 N–H and O–H groups in total. The number of nitrogens with zero attached hydrogens (tertiary/aromatic N) is 4. The van der Waals surface area contributed by atoms with Crippen LogP contribution in [0.2, 0.25) is 0 Å². The largest absolute Gasteiger partial charge is 0.477 e. The standard InChI is InChI=1S/C19H11N5O3S/c25-18(26)16-15-14-12(6-7-20-17(14)28-16)24(19(27)22-15)13-8-11(9-21-23-13)10-4-2-1-3-5-10/h1-9H,(H,22,27)(H,25,26). The summed E-state index contributed by atoms with van der Waals surface area (Å²) in [5.74, 6) is -0.774. The maximum Gasteiger partial charge on any atom is 0.348 e. The number of nitrogens with one attached hydrogen (secondary N) is 1. The zero-order chi connectivity index (χ0) is 19.3. The van der Waals surface area contributed by atoms with Crippen LogP contribution < -0.4 is 10.2 Å². The van der Waals surface area contributed by atoms with Gasteiger partial charge in [-0.25, -0.2) is 19.5 Å². The van der Waals surface area contributed by atoms with Gasteiger partial charge >= 0.3 is 12.0 Å². The fourth-order valence-electron chi connectivity index (χ4n) is 3.22. The van der Waals surface area contributed by atoms with E-state index in [4.69, 9.17) is 0 Å². The highest BCUT2D eigenvalue weighted by atomic mass is 32.1. The second-order valence-electron chi connectivity index (χ2n) is 6.06. The van der Waals surface area contributed by atoms with Crippen molar-refractivity contribution < 1.29 is 14.7 Å². The number of carbonyl (C=O) groups is 2. The van der Waals surface area contributed by atoms with Crippen LogP contribution in [0.1, 0.15) is 9.67 Å². The predicted octanol–water partition coefficient (Wildman–Crippen LogP) is 4.14. The monoisotopic (exact) mass is 389 g/mol. The Hall–Kier alpha value is -3.85. The Morgan fingerprint density at radius 1 is 1.14 bits per heavy atom. The first-order valence-electron chi connectivity index (χ1n) is 8.27. The topological polar surface area (TPSA) is 108 Å². The molecular formula is C19H11N5O3S. The van der Waals surface area contributed by atoms with Crippen LogP contribution in [-0.2, 0) is 0 Å². The number of amides is 2. The average Bonchev–Trinajstić information content (AvgIpc) is 3.09. The van der Waals surface area contributed by atoms with Gasteiger partial charge in [0, 0.05) is 11.8 Å². The number of rotatable bonds is 3. The van der Waals surface area contributed by atoms with Gasteiger partial charge in [-0.2, -0.15) is 5.10 Å². The van der Waals surface area contributed by atoms with E-state index in [1.807, 2.05) is 30.3 Å². The summed E-state index contributed by atoms with van der Waals surface area (Å²) in [4.78, 5) is 30.6. The maximum atomic E-state index is 12.9. The van der Waals surface area contributed by atoms with Crippen molar-refractivity contribution in [1.82, 2.24) is 15.2 Å². The molecule has 0 unspecified atom stereocenters. The molecule has 0 saturated heterocycles. The first-order valence-corrected chi connectivity index (χ1v) is 9.09. The van der Waals surface area contributed by atoms with Gasteiger partial charge in [0.1, 0.15) is 9.71 Å². The van der Waals surface area contributed by atoms with Crippen molar-refractivity contribution >= 4 is 50.7 Å². The molecule has 0 spiro atoms. The van der Waals surface area contributed by atoms with Gasteiger partial charge < -0.3 is 10.4 Å². The molecule has 0 bridgehead atoms. The summed E-state index contributed by atoms with van der Waals surface area (Å²) in [7, 11) is 0. The third-order valence-electron chi connectivity index (χ3n) is 4.42. The number of carbonyl (C=O) groups excluding carboxylic acids is 1. The molecule has 2 amide bonds. The lowest BCUT2D eigenvalue weighted by molar-refractivity contribution is 0.0703. The maximum absolute atomic E-state index is 12.9. The van der Waals surface area contributed by atoms with Crippen LogP contribution in [0.4, 0.5) is 22.0 Å². The summed E-state index contributed by atoms with van der Waals surface area (Å²) < 4.78 is 0. The summed E-state index contributed by atoms with van der Waals surface area (Å²) in [6.07, 6.45) is 3.17. The van der Waals surface area contributed by atoms with Gasteiger partial charge in [-0.1, -0.05) is 30.3 Å². The molecular weight excluding hydrogens is 378 g/mol. The minimum atomic E-state index is -1.11. The van der Waals surface area contributed by atoms with Crippen LogP contribution in [0.5, 0.6) is 0 Å². The Morgan fingerprint density at radius 3 is 2.75 bits per heavy atom. The quantitative estimate of drug-likeness (QED) is 0.545. The van der Waals surface area contributed by atoms with Gasteiger partial charge in [-0.15, -0.1) is 16.4 Å². The molecule has 1 aromatic carbocycles. The van der Waals surface area contributed by atoms with Crippen molar-refractivity contribution in [3.8, 4) is 11.1 Å². The highest BCUT2D eigenvalue weighted by Crippen LogP contribution is 2.45. The number of thiophene rings is 1. The molecule has 4 heterocycles. The number of anilines is 3. The summed E-state index contributed by atoms with van der Waals surface area (Å²) in [6, 6.07) is 12.6. The molecule has 0 fully saturated rings.